The lowest BCUT2D eigenvalue weighted by Gasteiger charge is -2.07. The number of unbranched alkanes of at least 4 members (excludes halogenated alkanes) is 4. The van der Waals surface area contributed by atoms with Gasteiger partial charge in [-0.15, -0.1) is 11.8 Å². The monoisotopic (exact) mass is 350 g/mol. The van der Waals surface area contributed by atoms with Gasteiger partial charge in [-0.25, -0.2) is 0 Å². The molecule has 0 atom stereocenters. The normalized spacial score (nSPS) is 9.67. The first-order valence-corrected chi connectivity index (χ1v) is 11.2. The fourth-order valence-corrected chi connectivity index (χ4v) is 3.09. The van der Waals surface area contributed by atoms with Crippen LogP contribution in [-0.4, -0.2) is 6.26 Å². The molecule has 0 aromatic heterocycles. The van der Waals surface area contributed by atoms with Crippen molar-refractivity contribution in [3.05, 3.63) is 35.9 Å². The van der Waals surface area contributed by atoms with Crippen molar-refractivity contribution >= 4 is 17.8 Å². The fourth-order valence-electron chi connectivity index (χ4n) is 2.51. The lowest BCUT2D eigenvalue weighted by Crippen LogP contribution is -1.90. The van der Waals surface area contributed by atoms with Gasteiger partial charge in [-0.05, 0) is 42.2 Å². The molecule has 1 aromatic rings. The third-order valence-corrected chi connectivity index (χ3v) is 4.57. The van der Waals surface area contributed by atoms with E-state index in [4.69, 9.17) is 0 Å². The molecule has 0 saturated carbocycles. The Labute approximate surface area is 157 Å². The molecule has 0 unspecified atom stereocenters. The Morgan fingerprint density at radius 2 is 1.54 bits per heavy atom. The van der Waals surface area contributed by atoms with E-state index < -0.39 is 0 Å². The van der Waals surface area contributed by atoms with Crippen molar-refractivity contribution < 1.29 is 0 Å². The Balaban J connectivity index is 0. The largest absolute Gasteiger partial charge is 0.129 e. The molecule has 0 aliphatic carbocycles. The molecule has 0 N–H and O–H groups in total. The van der Waals surface area contributed by atoms with Gasteiger partial charge in [0.25, 0.3) is 0 Å². The Morgan fingerprint density at radius 1 is 0.958 bits per heavy atom. The first-order valence-electron chi connectivity index (χ1n) is 9.96. The van der Waals surface area contributed by atoms with E-state index in [1.54, 1.807) is 11.8 Å². The molecule has 0 aliphatic heterocycles. The van der Waals surface area contributed by atoms with E-state index in [1.165, 1.54) is 61.0 Å². The van der Waals surface area contributed by atoms with Crippen LogP contribution in [0.2, 0.25) is 0 Å². The van der Waals surface area contributed by atoms with Crippen molar-refractivity contribution in [3.63, 3.8) is 0 Å². The quantitative estimate of drug-likeness (QED) is 0.300. The van der Waals surface area contributed by atoms with Crippen LogP contribution in [0.1, 0.15) is 91.2 Å². The van der Waals surface area contributed by atoms with Crippen LogP contribution in [0.5, 0.6) is 0 Å². The van der Waals surface area contributed by atoms with Gasteiger partial charge in [-0.3, -0.25) is 0 Å². The summed E-state index contributed by atoms with van der Waals surface area (Å²) < 4.78 is 0. The highest BCUT2D eigenvalue weighted by atomic mass is 32.2. The molecule has 0 amide bonds. The van der Waals surface area contributed by atoms with E-state index in [1.807, 2.05) is 33.8 Å². The third-order valence-electron chi connectivity index (χ3n) is 3.76. The highest BCUT2D eigenvalue weighted by molar-refractivity contribution is 7.98. The summed E-state index contributed by atoms with van der Waals surface area (Å²) in [5.74, 6) is 0.863. The highest BCUT2D eigenvalue weighted by Crippen LogP contribution is 2.23. The minimum absolute atomic E-state index is 0.863. The van der Waals surface area contributed by atoms with E-state index >= 15 is 0 Å². The molecular formula is C23H42S. The average Bonchev–Trinajstić information content (AvgIpc) is 2.63. The summed E-state index contributed by atoms with van der Waals surface area (Å²) in [6.07, 6.45) is 13.6. The minimum Gasteiger partial charge on any atom is -0.129 e. The lowest BCUT2D eigenvalue weighted by molar-refractivity contribution is 0.515. The molecule has 0 bridgehead atoms. The van der Waals surface area contributed by atoms with Gasteiger partial charge in [-0.2, -0.15) is 0 Å². The molecule has 24 heavy (non-hydrogen) atoms. The second-order valence-electron chi connectivity index (χ2n) is 5.98. The number of hydrogen-bond donors (Lipinski definition) is 0. The topological polar surface area (TPSA) is 0 Å². The lowest BCUT2D eigenvalue weighted by atomic mass is 10.0. The van der Waals surface area contributed by atoms with Crippen LogP contribution >= 0.6 is 11.8 Å². The molecule has 1 aromatic carbocycles. The first kappa shape index (κ1) is 25.5. The van der Waals surface area contributed by atoms with Gasteiger partial charge in [0.2, 0.25) is 0 Å². The molecule has 1 heteroatoms. The van der Waals surface area contributed by atoms with Gasteiger partial charge >= 0.3 is 0 Å². The number of aryl methyl sites for hydroxylation is 1. The summed E-state index contributed by atoms with van der Waals surface area (Å²) in [5.41, 5.74) is 2.74. The summed E-state index contributed by atoms with van der Waals surface area (Å²) in [7, 11) is 0. The third kappa shape index (κ3) is 12.7. The summed E-state index contributed by atoms with van der Waals surface area (Å²) in [6, 6.07) is 6.81. The van der Waals surface area contributed by atoms with Gasteiger partial charge in [-0.1, -0.05) is 98.4 Å². The van der Waals surface area contributed by atoms with Crippen LogP contribution in [0.3, 0.4) is 0 Å². The van der Waals surface area contributed by atoms with E-state index in [-0.39, 0.29) is 0 Å². The van der Waals surface area contributed by atoms with E-state index in [2.05, 4.69) is 44.9 Å². The van der Waals surface area contributed by atoms with Crippen molar-refractivity contribution in [2.24, 2.45) is 5.92 Å². The molecule has 0 spiro atoms. The predicted octanol–water partition coefficient (Wildman–Crippen LogP) is 8.64. The maximum Gasteiger partial charge on any atom is 0.0142 e. The highest BCUT2D eigenvalue weighted by Gasteiger charge is 2.01. The molecular weight excluding hydrogens is 308 g/mol. The zero-order valence-corrected chi connectivity index (χ0v) is 18.3. The van der Waals surface area contributed by atoms with Crippen LogP contribution in [0, 0.1) is 5.92 Å². The zero-order chi connectivity index (χ0) is 18.8. The maximum atomic E-state index is 3.91. The summed E-state index contributed by atoms with van der Waals surface area (Å²) in [5, 5.41) is 0. The van der Waals surface area contributed by atoms with Gasteiger partial charge in [0, 0.05) is 4.90 Å². The minimum atomic E-state index is 0.863. The second kappa shape index (κ2) is 18.6. The predicted molar refractivity (Wildman–Crippen MR) is 117 cm³/mol. The molecule has 140 valence electrons. The average molecular weight is 351 g/mol. The Morgan fingerprint density at radius 3 is 2.08 bits per heavy atom. The van der Waals surface area contributed by atoms with Gasteiger partial charge in [0.15, 0.2) is 0 Å². The SMILES string of the molecule is C=Cc1cc(CCCCCCCC(C)C)ccc1SC.CC.CC. The second-order valence-corrected chi connectivity index (χ2v) is 6.83. The summed E-state index contributed by atoms with van der Waals surface area (Å²) in [4.78, 5) is 1.33. The van der Waals surface area contributed by atoms with Crippen LogP contribution in [0.25, 0.3) is 6.08 Å². The Kier molecular flexibility index (Phi) is 19.8. The standard InChI is InChI=1S/C19H30S.2C2H6/c1-5-18-15-17(13-14-19(18)20-4)12-10-8-6-7-9-11-16(2)3;2*1-2/h5,13-16H,1,6-12H2,2-4H3;2*1-2H3. The van der Waals surface area contributed by atoms with Gasteiger partial charge in [0.1, 0.15) is 0 Å². The fraction of sp³-hybridized carbons (Fsp3) is 0.652. The van der Waals surface area contributed by atoms with Gasteiger partial charge < -0.3 is 0 Å². The molecule has 1 rings (SSSR count). The van der Waals surface area contributed by atoms with Crippen molar-refractivity contribution in [3.8, 4) is 0 Å². The number of benzene rings is 1. The van der Waals surface area contributed by atoms with Crippen LogP contribution in [0.15, 0.2) is 29.7 Å². The van der Waals surface area contributed by atoms with E-state index in [9.17, 15) is 0 Å². The molecule has 0 aliphatic rings. The molecule has 0 heterocycles. The maximum absolute atomic E-state index is 3.91. The Hall–Kier alpha value is -0.690. The van der Waals surface area contributed by atoms with Crippen LogP contribution in [0.4, 0.5) is 0 Å². The van der Waals surface area contributed by atoms with Crippen molar-refractivity contribution in [1.29, 1.82) is 0 Å². The van der Waals surface area contributed by atoms with Crippen LogP contribution in [-0.2, 0) is 6.42 Å². The smallest absolute Gasteiger partial charge is 0.0142 e. The van der Waals surface area contributed by atoms with E-state index in [0.717, 1.165) is 5.92 Å². The van der Waals surface area contributed by atoms with Crippen molar-refractivity contribution in [1.82, 2.24) is 0 Å². The molecule has 0 radical (unpaired) electrons. The number of rotatable bonds is 10. The summed E-state index contributed by atoms with van der Waals surface area (Å²) in [6.45, 7) is 16.5. The first-order chi connectivity index (χ1) is 11.7. The van der Waals surface area contributed by atoms with Gasteiger partial charge in [0.05, 0.1) is 0 Å². The zero-order valence-electron chi connectivity index (χ0n) is 17.5. The summed E-state index contributed by atoms with van der Waals surface area (Å²) >= 11 is 1.80. The number of hydrogen-bond acceptors (Lipinski definition) is 1. The van der Waals surface area contributed by atoms with Crippen LogP contribution < -0.4 is 0 Å². The van der Waals surface area contributed by atoms with E-state index in [0.29, 0.717) is 0 Å². The van der Waals surface area contributed by atoms with Crippen molar-refractivity contribution in [2.75, 3.05) is 6.26 Å². The molecule has 0 saturated heterocycles. The molecule has 0 fully saturated rings. The molecule has 0 nitrogen and oxygen atoms in total. The van der Waals surface area contributed by atoms with Crippen molar-refractivity contribution in [2.45, 2.75) is 91.4 Å². The Bertz CT molecular complexity index is 393. The number of thioether (sulfide) groups is 1.